The first-order valence-electron chi connectivity index (χ1n) is 7.56. The van der Waals surface area contributed by atoms with Crippen molar-refractivity contribution in [2.45, 2.75) is 46.0 Å². The Morgan fingerprint density at radius 2 is 2.21 bits per heavy atom. The minimum Gasteiger partial charge on any atom is -0.317 e. The predicted molar refractivity (Wildman–Crippen MR) is 82.9 cm³/mol. The Balaban J connectivity index is 1.73. The van der Waals surface area contributed by atoms with Gasteiger partial charge in [-0.25, -0.2) is 4.98 Å². The lowest BCUT2D eigenvalue weighted by Crippen LogP contribution is -2.43. The molecule has 108 valence electrons. The third-order valence-electron chi connectivity index (χ3n) is 4.17. The van der Waals surface area contributed by atoms with Crippen molar-refractivity contribution in [3.05, 3.63) is 16.1 Å². The van der Waals surface area contributed by atoms with Gasteiger partial charge in [0.15, 0.2) is 0 Å². The van der Waals surface area contributed by atoms with Crippen LogP contribution in [0.2, 0.25) is 0 Å². The number of thiazole rings is 1. The van der Waals surface area contributed by atoms with Crippen LogP contribution >= 0.6 is 11.3 Å². The van der Waals surface area contributed by atoms with Crippen molar-refractivity contribution >= 4 is 11.3 Å². The molecule has 4 heteroatoms. The molecule has 0 radical (unpaired) electrons. The van der Waals surface area contributed by atoms with E-state index in [4.69, 9.17) is 0 Å². The Morgan fingerprint density at radius 3 is 2.84 bits per heavy atom. The second-order valence-corrected chi connectivity index (χ2v) is 6.85. The van der Waals surface area contributed by atoms with Crippen molar-refractivity contribution in [2.24, 2.45) is 5.41 Å². The molecule has 2 N–H and O–H groups in total. The van der Waals surface area contributed by atoms with Crippen LogP contribution in [0.3, 0.4) is 0 Å². The van der Waals surface area contributed by atoms with E-state index in [0.717, 1.165) is 13.0 Å². The molecule has 1 aliphatic rings. The maximum absolute atomic E-state index is 4.52. The quantitative estimate of drug-likeness (QED) is 0.755. The second-order valence-electron chi connectivity index (χ2n) is 5.78. The zero-order valence-corrected chi connectivity index (χ0v) is 13.1. The highest BCUT2D eigenvalue weighted by Gasteiger charge is 2.30. The molecule has 19 heavy (non-hydrogen) atoms. The largest absolute Gasteiger partial charge is 0.317 e. The molecule has 3 nitrogen and oxygen atoms in total. The molecule has 1 fully saturated rings. The van der Waals surface area contributed by atoms with Gasteiger partial charge in [0.1, 0.15) is 0 Å². The van der Waals surface area contributed by atoms with E-state index in [1.807, 2.05) is 0 Å². The predicted octanol–water partition coefficient (Wildman–Crippen LogP) is 2.75. The lowest BCUT2D eigenvalue weighted by molar-refractivity contribution is 0.177. The number of aromatic nitrogens is 1. The van der Waals surface area contributed by atoms with E-state index in [1.165, 1.54) is 56.0 Å². The van der Waals surface area contributed by atoms with Crippen molar-refractivity contribution in [3.8, 4) is 0 Å². The second kappa shape index (κ2) is 7.36. The van der Waals surface area contributed by atoms with Crippen LogP contribution in [0.4, 0.5) is 0 Å². The zero-order chi connectivity index (χ0) is 13.6. The Hall–Kier alpha value is -0.450. The number of piperidine rings is 1. The van der Waals surface area contributed by atoms with Crippen LogP contribution in [0.1, 0.15) is 43.3 Å². The first kappa shape index (κ1) is 14.9. The van der Waals surface area contributed by atoms with Crippen LogP contribution in [0.15, 0.2) is 5.38 Å². The first-order valence-corrected chi connectivity index (χ1v) is 8.44. The maximum atomic E-state index is 4.52. The van der Waals surface area contributed by atoms with E-state index in [-0.39, 0.29) is 0 Å². The van der Waals surface area contributed by atoms with Crippen LogP contribution < -0.4 is 10.6 Å². The topological polar surface area (TPSA) is 37.0 Å². The first-order chi connectivity index (χ1) is 9.24. The maximum Gasteiger partial charge on any atom is 0.0897 e. The molecule has 0 aliphatic carbocycles. The fourth-order valence-electron chi connectivity index (χ4n) is 3.10. The summed E-state index contributed by atoms with van der Waals surface area (Å²) in [5.74, 6) is 0. The standard InChI is InChI=1S/C15H27N3S/c1-3-5-15(6-9-16-10-7-15)12-17-8-4-14-11-19-13(2)18-14/h11,16-17H,3-10,12H2,1-2H3. The molecule has 0 aromatic carbocycles. The van der Waals surface area contributed by atoms with E-state index in [9.17, 15) is 0 Å². The lowest BCUT2D eigenvalue weighted by atomic mass is 9.75. The van der Waals surface area contributed by atoms with Crippen LogP contribution in [0.5, 0.6) is 0 Å². The van der Waals surface area contributed by atoms with Gasteiger partial charge in [-0.2, -0.15) is 0 Å². The zero-order valence-electron chi connectivity index (χ0n) is 12.3. The van der Waals surface area contributed by atoms with Gasteiger partial charge >= 0.3 is 0 Å². The average molecular weight is 281 g/mol. The number of nitrogens with one attached hydrogen (secondary N) is 2. The van der Waals surface area contributed by atoms with E-state index in [1.54, 1.807) is 11.3 Å². The fraction of sp³-hybridized carbons (Fsp3) is 0.800. The van der Waals surface area contributed by atoms with Gasteiger partial charge in [-0.3, -0.25) is 0 Å². The summed E-state index contributed by atoms with van der Waals surface area (Å²) in [5.41, 5.74) is 1.78. The van der Waals surface area contributed by atoms with Gasteiger partial charge < -0.3 is 10.6 Å². The minimum atomic E-state index is 0.540. The van der Waals surface area contributed by atoms with Crippen LogP contribution in [-0.4, -0.2) is 31.2 Å². The van der Waals surface area contributed by atoms with Crippen molar-refractivity contribution in [1.29, 1.82) is 0 Å². The summed E-state index contributed by atoms with van der Waals surface area (Å²) in [6, 6.07) is 0. The van der Waals surface area contributed by atoms with Gasteiger partial charge in [0.25, 0.3) is 0 Å². The summed E-state index contributed by atoms with van der Waals surface area (Å²) in [6.07, 6.45) is 6.36. The third kappa shape index (κ3) is 4.55. The molecule has 0 saturated carbocycles. The molecule has 1 aliphatic heterocycles. The molecule has 0 unspecified atom stereocenters. The highest BCUT2D eigenvalue weighted by molar-refractivity contribution is 7.09. The molecule has 1 aromatic heterocycles. The third-order valence-corrected chi connectivity index (χ3v) is 4.99. The number of nitrogens with zero attached hydrogens (tertiary/aromatic N) is 1. The van der Waals surface area contributed by atoms with E-state index >= 15 is 0 Å². The summed E-state index contributed by atoms with van der Waals surface area (Å²) in [6.45, 7) is 8.99. The molecule has 0 bridgehead atoms. The van der Waals surface area contributed by atoms with Crippen molar-refractivity contribution in [2.75, 3.05) is 26.2 Å². The van der Waals surface area contributed by atoms with Crippen molar-refractivity contribution in [1.82, 2.24) is 15.6 Å². The molecule has 1 saturated heterocycles. The smallest absolute Gasteiger partial charge is 0.0897 e. The van der Waals surface area contributed by atoms with Crippen LogP contribution in [0, 0.1) is 12.3 Å². The molecule has 0 atom stereocenters. The van der Waals surface area contributed by atoms with Gasteiger partial charge in [0, 0.05) is 24.9 Å². The highest BCUT2D eigenvalue weighted by Crippen LogP contribution is 2.33. The van der Waals surface area contributed by atoms with Crippen LogP contribution in [-0.2, 0) is 6.42 Å². The monoisotopic (exact) mass is 281 g/mol. The number of hydrogen-bond donors (Lipinski definition) is 2. The molecule has 2 rings (SSSR count). The fourth-order valence-corrected chi connectivity index (χ4v) is 3.74. The van der Waals surface area contributed by atoms with Crippen LogP contribution in [0.25, 0.3) is 0 Å². The normalized spacial score (nSPS) is 18.6. The molecule has 0 amide bonds. The minimum absolute atomic E-state index is 0.540. The van der Waals surface area contributed by atoms with E-state index in [0.29, 0.717) is 5.41 Å². The number of hydrogen-bond acceptors (Lipinski definition) is 4. The summed E-state index contributed by atoms with van der Waals surface area (Å²) in [5, 5.41) is 10.5. The average Bonchev–Trinajstić information content (AvgIpc) is 2.82. The van der Waals surface area contributed by atoms with Crippen molar-refractivity contribution in [3.63, 3.8) is 0 Å². The Labute approximate surface area is 121 Å². The number of rotatable bonds is 7. The Kier molecular flexibility index (Phi) is 5.79. The molecular weight excluding hydrogens is 254 g/mol. The summed E-state index contributed by atoms with van der Waals surface area (Å²) in [7, 11) is 0. The van der Waals surface area contributed by atoms with Gasteiger partial charge in [-0.05, 0) is 44.7 Å². The molecular formula is C15H27N3S. The molecule has 2 heterocycles. The van der Waals surface area contributed by atoms with Gasteiger partial charge in [0.05, 0.1) is 10.7 Å². The summed E-state index contributed by atoms with van der Waals surface area (Å²) >= 11 is 1.75. The van der Waals surface area contributed by atoms with Gasteiger partial charge in [0.2, 0.25) is 0 Å². The van der Waals surface area contributed by atoms with Crippen molar-refractivity contribution < 1.29 is 0 Å². The summed E-state index contributed by atoms with van der Waals surface area (Å²) < 4.78 is 0. The lowest BCUT2D eigenvalue weighted by Gasteiger charge is -2.38. The van der Waals surface area contributed by atoms with E-state index in [2.05, 4.69) is 34.8 Å². The highest BCUT2D eigenvalue weighted by atomic mass is 32.1. The van der Waals surface area contributed by atoms with Gasteiger partial charge in [-0.15, -0.1) is 11.3 Å². The Bertz CT molecular complexity index is 364. The van der Waals surface area contributed by atoms with E-state index < -0.39 is 0 Å². The molecule has 0 spiro atoms. The summed E-state index contributed by atoms with van der Waals surface area (Å²) in [4.78, 5) is 4.52. The van der Waals surface area contributed by atoms with Gasteiger partial charge in [-0.1, -0.05) is 13.3 Å². The SMILES string of the molecule is CCCC1(CNCCc2csc(C)n2)CCNCC1. The molecule has 1 aromatic rings. The Morgan fingerprint density at radius 1 is 1.42 bits per heavy atom. The number of aryl methyl sites for hydroxylation is 1.